The maximum absolute atomic E-state index is 12.6. The molecule has 0 aromatic carbocycles. The molecule has 0 radical (unpaired) electrons. The second-order valence-electron chi connectivity index (χ2n) is 9.06. The zero-order chi connectivity index (χ0) is 15.4. The average molecular weight is 317 g/mol. The van der Waals surface area contributed by atoms with Crippen LogP contribution in [0.2, 0.25) is 0 Å². The SMILES string of the molecule is O=C(OCCN1CCCCC1)C1CC2CC1C1C3CCC(C3)C21. The minimum Gasteiger partial charge on any atom is -0.464 e. The summed E-state index contributed by atoms with van der Waals surface area (Å²) in [7, 11) is 0. The fourth-order valence-corrected chi connectivity index (χ4v) is 7.40. The highest BCUT2D eigenvalue weighted by Gasteiger charge is 2.63. The van der Waals surface area contributed by atoms with E-state index in [1.54, 1.807) is 0 Å². The summed E-state index contributed by atoms with van der Waals surface area (Å²) in [5.74, 6) is 5.82. The van der Waals surface area contributed by atoms with E-state index in [1.807, 2.05) is 0 Å². The van der Waals surface area contributed by atoms with Crippen LogP contribution >= 0.6 is 0 Å². The molecule has 0 aromatic heterocycles. The Morgan fingerprint density at radius 1 is 0.913 bits per heavy atom. The van der Waals surface area contributed by atoms with Gasteiger partial charge >= 0.3 is 5.97 Å². The zero-order valence-electron chi connectivity index (χ0n) is 14.3. The molecule has 7 atom stereocenters. The molecule has 0 N–H and O–H groups in total. The Hall–Kier alpha value is -0.570. The van der Waals surface area contributed by atoms with Gasteiger partial charge in [-0.1, -0.05) is 6.42 Å². The molecule has 4 aliphatic carbocycles. The molecule has 3 nitrogen and oxygen atoms in total. The number of fused-ring (bicyclic) bond motifs is 9. The summed E-state index contributed by atoms with van der Waals surface area (Å²) in [5.41, 5.74) is 0. The molecule has 1 saturated heterocycles. The number of carbonyl (C=O) groups excluding carboxylic acids is 1. The summed E-state index contributed by atoms with van der Waals surface area (Å²) in [6.07, 6.45) is 10.9. The lowest BCUT2D eigenvalue weighted by atomic mass is 9.67. The molecule has 1 heterocycles. The molecule has 0 spiro atoms. The van der Waals surface area contributed by atoms with E-state index in [-0.39, 0.29) is 11.9 Å². The van der Waals surface area contributed by atoms with E-state index >= 15 is 0 Å². The van der Waals surface area contributed by atoms with Crippen molar-refractivity contribution in [2.45, 2.75) is 51.4 Å². The molecule has 0 aromatic rings. The summed E-state index contributed by atoms with van der Waals surface area (Å²) in [5, 5.41) is 0. The van der Waals surface area contributed by atoms with Crippen LogP contribution in [-0.2, 0) is 9.53 Å². The fourth-order valence-electron chi connectivity index (χ4n) is 7.40. The molecule has 4 saturated carbocycles. The molecule has 5 rings (SSSR count). The van der Waals surface area contributed by atoms with Crippen molar-refractivity contribution in [3.8, 4) is 0 Å². The molecule has 5 aliphatic rings. The minimum absolute atomic E-state index is 0.149. The lowest BCUT2D eigenvalue weighted by Gasteiger charge is -2.37. The van der Waals surface area contributed by atoms with Gasteiger partial charge in [0.25, 0.3) is 0 Å². The van der Waals surface area contributed by atoms with E-state index in [4.69, 9.17) is 4.74 Å². The van der Waals surface area contributed by atoms with Crippen LogP contribution < -0.4 is 0 Å². The Bertz CT molecular complexity index is 472. The topological polar surface area (TPSA) is 29.5 Å². The number of piperidine rings is 1. The van der Waals surface area contributed by atoms with E-state index in [2.05, 4.69) is 4.90 Å². The van der Waals surface area contributed by atoms with Crippen LogP contribution in [0.1, 0.15) is 51.4 Å². The largest absolute Gasteiger partial charge is 0.464 e. The van der Waals surface area contributed by atoms with E-state index in [9.17, 15) is 4.79 Å². The van der Waals surface area contributed by atoms with Gasteiger partial charge in [-0.05, 0) is 93.5 Å². The van der Waals surface area contributed by atoms with Crippen LogP contribution in [0.3, 0.4) is 0 Å². The molecule has 5 fully saturated rings. The molecule has 4 bridgehead atoms. The maximum Gasteiger partial charge on any atom is 0.309 e. The first-order valence-electron chi connectivity index (χ1n) is 10.2. The van der Waals surface area contributed by atoms with Crippen molar-refractivity contribution in [1.29, 1.82) is 0 Å². The normalized spacial score (nSPS) is 47.9. The van der Waals surface area contributed by atoms with Crippen molar-refractivity contribution < 1.29 is 9.53 Å². The second-order valence-corrected chi connectivity index (χ2v) is 9.06. The number of hydrogen-bond acceptors (Lipinski definition) is 3. The lowest BCUT2D eigenvalue weighted by molar-refractivity contribution is -0.152. The fraction of sp³-hybridized carbons (Fsp3) is 0.950. The van der Waals surface area contributed by atoms with Gasteiger partial charge in [0.05, 0.1) is 5.92 Å². The molecule has 1 aliphatic heterocycles. The van der Waals surface area contributed by atoms with E-state index < -0.39 is 0 Å². The first-order chi connectivity index (χ1) is 11.3. The van der Waals surface area contributed by atoms with Gasteiger partial charge in [0.1, 0.15) is 6.61 Å². The standard InChI is InChI=1S/C20H31NO2/c22-20(23-9-8-21-6-2-1-3-7-21)17-12-15-11-16(17)19-14-5-4-13(10-14)18(15)19/h13-19H,1-12H2. The van der Waals surface area contributed by atoms with Crippen LogP contribution in [0, 0.1) is 41.4 Å². The van der Waals surface area contributed by atoms with Gasteiger partial charge < -0.3 is 4.74 Å². The molecule has 3 heteroatoms. The van der Waals surface area contributed by atoms with E-state index in [0.717, 1.165) is 42.6 Å². The van der Waals surface area contributed by atoms with Crippen molar-refractivity contribution in [2.24, 2.45) is 41.4 Å². The Morgan fingerprint density at radius 3 is 2.52 bits per heavy atom. The molecular weight excluding hydrogens is 286 g/mol. The van der Waals surface area contributed by atoms with Crippen molar-refractivity contribution in [1.82, 2.24) is 4.90 Å². The summed E-state index contributed by atoms with van der Waals surface area (Å²) in [4.78, 5) is 15.1. The Labute approximate surface area is 140 Å². The van der Waals surface area contributed by atoms with Crippen molar-refractivity contribution in [2.75, 3.05) is 26.2 Å². The predicted octanol–water partition coefficient (Wildman–Crippen LogP) is 3.33. The summed E-state index contributed by atoms with van der Waals surface area (Å²) < 4.78 is 5.73. The monoisotopic (exact) mass is 317 g/mol. The third-order valence-corrected chi connectivity index (χ3v) is 8.14. The smallest absolute Gasteiger partial charge is 0.309 e. The summed E-state index contributed by atoms with van der Waals surface area (Å²) in [6.45, 7) is 3.95. The molecule has 128 valence electrons. The summed E-state index contributed by atoms with van der Waals surface area (Å²) >= 11 is 0. The second kappa shape index (κ2) is 5.75. The summed E-state index contributed by atoms with van der Waals surface area (Å²) in [6, 6.07) is 0. The van der Waals surface area contributed by atoms with E-state index in [1.165, 1.54) is 58.0 Å². The highest BCUT2D eigenvalue weighted by Crippen LogP contribution is 2.68. The number of ether oxygens (including phenoxy) is 1. The van der Waals surface area contributed by atoms with Gasteiger partial charge in [-0.3, -0.25) is 9.69 Å². The Balaban J connectivity index is 1.15. The number of hydrogen-bond donors (Lipinski definition) is 0. The third-order valence-electron chi connectivity index (χ3n) is 8.14. The first kappa shape index (κ1) is 14.7. The minimum atomic E-state index is 0.149. The zero-order valence-corrected chi connectivity index (χ0v) is 14.3. The highest BCUT2D eigenvalue weighted by molar-refractivity contribution is 5.73. The number of rotatable bonds is 4. The van der Waals surface area contributed by atoms with Gasteiger partial charge in [0.2, 0.25) is 0 Å². The van der Waals surface area contributed by atoms with Gasteiger partial charge in [-0.15, -0.1) is 0 Å². The van der Waals surface area contributed by atoms with Gasteiger partial charge in [-0.25, -0.2) is 0 Å². The van der Waals surface area contributed by atoms with E-state index in [0.29, 0.717) is 12.5 Å². The van der Waals surface area contributed by atoms with Gasteiger partial charge in [0, 0.05) is 6.54 Å². The maximum atomic E-state index is 12.6. The number of likely N-dealkylation sites (tertiary alicyclic amines) is 1. The average Bonchev–Trinajstić information content (AvgIpc) is 3.34. The van der Waals surface area contributed by atoms with Gasteiger partial charge in [-0.2, -0.15) is 0 Å². The first-order valence-corrected chi connectivity index (χ1v) is 10.2. The van der Waals surface area contributed by atoms with Crippen LogP contribution in [0.15, 0.2) is 0 Å². The number of nitrogens with zero attached hydrogens (tertiary/aromatic N) is 1. The molecule has 7 unspecified atom stereocenters. The number of carbonyl (C=O) groups is 1. The van der Waals surface area contributed by atoms with Crippen LogP contribution in [0.4, 0.5) is 0 Å². The Morgan fingerprint density at radius 2 is 1.70 bits per heavy atom. The molecule has 0 amide bonds. The lowest BCUT2D eigenvalue weighted by Crippen LogP contribution is -2.37. The van der Waals surface area contributed by atoms with Gasteiger partial charge in [0.15, 0.2) is 0 Å². The van der Waals surface area contributed by atoms with Crippen LogP contribution in [0.5, 0.6) is 0 Å². The third kappa shape index (κ3) is 2.37. The van der Waals surface area contributed by atoms with Crippen molar-refractivity contribution in [3.63, 3.8) is 0 Å². The predicted molar refractivity (Wildman–Crippen MR) is 88.8 cm³/mol. The van der Waals surface area contributed by atoms with Crippen molar-refractivity contribution in [3.05, 3.63) is 0 Å². The Kier molecular flexibility index (Phi) is 3.69. The number of esters is 1. The van der Waals surface area contributed by atoms with Crippen LogP contribution in [-0.4, -0.2) is 37.1 Å². The molecule has 23 heavy (non-hydrogen) atoms. The quantitative estimate of drug-likeness (QED) is 0.588. The molecular formula is C20H31NO2. The highest BCUT2D eigenvalue weighted by atomic mass is 16.5. The van der Waals surface area contributed by atoms with Crippen molar-refractivity contribution >= 4 is 5.97 Å². The van der Waals surface area contributed by atoms with Crippen LogP contribution in [0.25, 0.3) is 0 Å².